The molecule has 8 heteroatoms. The second kappa shape index (κ2) is 10.6. The van der Waals surface area contributed by atoms with E-state index < -0.39 is 10.0 Å². The van der Waals surface area contributed by atoms with Crippen LogP contribution < -0.4 is 0 Å². The van der Waals surface area contributed by atoms with E-state index in [-0.39, 0.29) is 21.4 Å². The van der Waals surface area contributed by atoms with Gasteiger partial charge in [-0.25, -0.2) is 8.42 Å². The second-order valence-corrected chi connectivity index (χ2v) is 9.95. The number of hydrogen-bond acceptors (Lipinski definition) is 4. The van der Waals surface area contributed by atoms with Crippen LogP contribution in [0.5, 0.6) is 0 Å². The lowest BCUT2D eigenvalue weighted by Crippen LogP contribution is -2.49. The minimum absolute atomic E-state index is 0.102. The van der Waals surface area contributed by atoms with Crippen molar-refractivity contribution in [1.29, 1.82) is 0 Å². The van der Waals surface area contributed by atoms with Gasteiger partial charge in [0.1, 0.15) is 0 Å². The van der Waals surface area contributed by atoms with Crippen molar-refractivity contribution in [2.45, 2.75) is 25.2 Å². The Bertz CT molecular complexity index is 986. The number of piperazine rings is 1. The Morgan fingerprint density at radius 1 is 1.00 bits per heavy atom. The van der Waals surface area contributed by atoms with Crippen LogP contribution in [0.4, 0.5) is 0 Å². The van der Waals surface area contributed by atoms with Crippen molar-refractivity contribution in [3.63, 3.8) is 0 Å². The Morgan fingerprint density at radius 3 is 2.26 bits per heavy atom. The topological polar surface area (TPSA) is 60.9 Å². The minimum Gasteiger partial charge on any atom is -0.336 e. The van der Waals surface area contributed by atoms with E-state index in [1.165, 1.54) is 28.1 Å². The van der Waals surface area contributed by atoms with Gasteiger partial charge in [0, 0.05) is 45.8 Å². The zero-order valence-electron chi connectivity index (χ0n) is 18.1. The van der Waals surface area contributed by atoms with Gasteiger partial charge >= 0.3 is 0 Å². The van der Waals surface area contributed by atoms with E-state index >= 15 is 0 Å². The van der Waals surface area contributed by atoms with E-state index in [1.807, 2.05) is 18.2 Å². The fraction of sp³-hybridized carbons (Fsp3) is 0.435. The van der Waals surface area contributed by atoms with Crippen LogP contribution >= 0.6 is 11.6 Å². The molecule has 0 atom stereocenters. The lowest BCUT2D eigenvalue weighted by atomic mass is 10.1. The van der Waals surface area contributed by atoms with E-state index in [0.29, 0.717) is 26.2 Å². The lowest BCUT2D eigenvalue weighted by Gasteiger charge is -2.35. The Morgan fingerprint density at radius 2 is 1.65 bits per heavy atom. The van der Waals surface area contributed by atoms with Crippen LogP contribution in [0.2, 0.25) is 5.02 Å². The van der Waals surface area contributed by atoms with E-state index in [9.17, 15) is 13.2 Å². The summed E-state index contributed by atoms with van der Waals surface area (Å²) in [7, 11) is -3.65. The molecule has 0 aliphatic carbocycles. The number of nitrogens with zero attached hydrogens (tertiary/aromatic N) is 3. The molecule has 2 aromatic carbocycles. The Hall–Kier alpha value is -1.93. The van der Waals surface area contributed by atoms with Crippen LogP contribution in [-0.4, -0.2) is 74.2 Å². The summed E-state index contributed by atoms with van der Waals surface area (Å²) < 4.78 is 27.1. The summed E-state index contributed by atoms with van der Waals surface area (Å²) in [6, 6.07) is 14.7. The van der Waals surface area contributed by atoms with Crippen LogP contribution in [0.25, 0.3) is 0 Å². The summed E-state index contributed by atoms with van der Waals surface area (Å²) in [5.74, 6) is -0.218. The summed E-state index contributed by atoms with van der Waals surface area (Å²) in [5.41, 5.74) is 1.55. The molecule has 0 N–H and O–H groups in total. The van der Waals surface area contributed by atoms with Crippen molar-refractivity contribution in [1.82, 2.24) is 14.1 Å². The normalized spacial score (nSPS) is 15.4. The first kappa shape index (κ1) is 23.7. The highest BCUT2D eigenvalue weighted by molar-refractivity contribution is 7.89. The van der Waals surface area contributed by atoms with Gasteiger partial charge in [0.15, 0.2) is 0 Å². The van der Waals surface area contributed by atoms with E-state index in [1.54, 1.807) is 18.7 Å². The molecule has 168 valence electrons. The number of amides is 1. The second-order valence-electron chi connectivity index (χ2n) is 7.60. The Labute approximate surface area is 190 Å². The van der Waals surface area contributed by atoms with Crippen molar-refractivity contribution >= 4 is 27.5 Å². The molecule has 31 heavy (non-hydrogen) atoms. The standard InChI is InChI=1S/C23H30ClN3O3S/c1-3-27(4-2)31(29,30)20-10-11-22(24)21(18-20)23(28)26-16-14-25(15-17-26)13-12-19-8-6-5-7-9-19/h5-11,18H,3-4,12-17H2,1-2H3. The van der Waals surface area contributed by atoms with E-state index in [4.69, 9.17) is 11.6 Å². The van der Waals surface area contributed by atoms with E-state index in [0.717, 1.165) is 26.1 Å². The molecule has 1 heterocycles. The number of carbonyl (C=O) groups is 1. The maximum atomic E-state index is 13.1. The minimum atomic E-state index is -3.65. The zero-order chi connectivity index (χ0) is 22.4. The van der Waals surface area contributed by atoms with Gasteiger partial charge in [-0.15, -0.1) is 0 Å². The highest BCUT2D eigenvalue weighted by Crippen LogP contribution is 2.24. The summed E-state index contributed by atoms with van der Waals surface area (Å²) >= 11 is 6.29. The maximum absolute atomic E-state index is 13.1. The third-order valence-electron chi connectivity index (χ3n) is 5.73. The molecule has 0 radical (unpaired) electrons. The maximum Gasteiger partial charge on any atom is 0.255 e. The summed E-state index contributed by atoms with van der Waals surface area (Å²) in [4.78, 5) is 17.3. The average molecular weight is 464 g/mol. The Kier molecular flexibility index (Phi) is 8.11. The van der Waals surface area contributed by atoms with Gasteiger partial charge in [0.2, 0.25) is 10.0 Å². The zero-order valence-corrected chi connectivity index (χ0v) is 19.7. The monoisotopic (exact) mass is 463 g/mol. The molecule has 1 saturated heterocycles. The molecule has 0 aromatic heterocycles. The number of rotatable bonds is 8. The first-order chi connectivity index (χ1) is 14.9. The molecular weight excluding hydrogens is 434 g/mol. The fourth-order valence-corrected chi connectivity index (χ4v) is 5.50. The largest absolute Gasteiger partial charge is 0.336 e. The molecule has 1 aliphatic rings. The van der Waals surface area contributed by atoms with Gasteiger partial charge in [-0.1, -0.05) is 55.8 Å². The number of benzene rings is 2. The molecule has 0 bridgehead atoms. The molecule has 0 spiro atoms. The van der Waals surface area contributed by atoms with Crippen LogP contribution in [0.1, 0.15) is 29.8 Å². The van der Waals surface area contributed by atoms with Gasteiger partial charge in [-0.2, -0.15) is 4.31 Å². The Balaban J connectivity index is 1.65. The third kappa shape index (κ3) is 5.66. The van der Waals surface area contributed by atoms with Gasteiger partial charge in [0.25, 0.3) is 5.91 Å². The smallest absolute Gasteiger partial charge is 0.255 e. The number of halogens is 1. The molecule has 6 nitrogen and oxygen atoms in total. The van der Waals surface area contributed by atoms with Gasteiger partial charge in [-0.05, 0) is 30.2 Å². The van der Waals surface area contributed by atoms with Crippen molar-refractivity contribution in [2.24, 2.45) is 0 Å². The molecule has 0 saturated carbocycles. The van der Waals surface area contributed by atoms with Crippen LogP contribution in [0, 0.1) is 0 Å². The first-order valence-electron chi connectivity index (χ1n) is 10.7. The SMILES string of the molecule is CCN(CC)S(=O)(=O)c1ccc(Cl)c(C(=O)N2CCN(CCc3ccccc3)CC2)c1. The number of sulfonamides is 1. The van der Waals surface area contributed by atoms with Gasteiger partial charge in [0.05, 0.1) is 15.5 Å². The molecule has 2 aromatic rings. The molecule has 0 unspecified atom stereocenters. The summed E-state index contributed by atoms with van der Waals surface area (Å²) in [6.45, 7) is 8.03. The molecule has 1 amide bonds. The van der Waals surface area contributed by atoms with E-state index in [2.05, 4.69) is 17.0 Å². The average Bonchev–Trinajstić information content (AvgIpc) is 2.79. The first-order valence-corrected chi connectivity index (χ1v) is 12.5. The predicted octanol–water partition coefficient (Wildman–Crippen LogP) is 3.37. The molecule has 1 aliphatic heterocycles. The van der Waals surface area contributed by atoms with Gasteiger partial charge in [-0.3, -0.25) is 9.69 Å². The van der Waals surface area contributed by atoms with Gasteiger partial charge < -0.3 is 4.90 Å². The fourth-order valence-electron chi connectivity index (χ4n) is 3.82. The highest BCUT2D eigenvalue weighted by Gasteiger charge is 2.27. The predicted molar refractivity (Wildman–Crippen MR) is 124 cm³/mol. The van der Waals surface area contributed by atoms with Crippen molar-refractivity contribution < 1.29 is 13.2 Å². The van der Waals surface area contributed by atoms with Crippen molar-refractivity contribution in [2.75, 3.05) is 45.8 Å². The van der Waals surface area contributed by atoms with Crippen LogP contribution in [-0.2, 0) is 16.4 Å². The number of carbonyl (C=O) groups excluding carboxylic acids is 1. The molecule has 3 rings (SSSR count). The summed E-state index contributed by atoms with van der Waals surface area (Å²) in [5, 5.41) is 0.273. The summed E-state index contributed by atoms with van der Waals surface area (Å²) in [6.07, 6.45) is 0.978. The van der Waals surface area contributed by atoms with Crippen molar-refractivity contribution in [3.8, 4) is 0 Å². The molecule has 1 fully saturated rings. The van der Waals surface area contributed by atoms with Crippen LogP contribution in [0.3, 0.4) is 0 Å². The lowest BCUT2D eigenvalue weighted by molar-refractivity contribution is 0.0638. The highest BCUT2D eigenvalue weighted by atomic mass is 35.5. The third-order valence-corrected chi connectivity index (χ3v) is 8.11. The van der Waals surface area contributed by atoms with Crippen LogP contribution in [0.15, 0.2) is 53.4 Å². The number of hydrogen-bond donors (Lipinski definition) is 0. The van der Waals surface area contributed by atoms with Crippen molar-refractivity contribution in [3.05, 3.63) is 64.7 Å². The molecular formula is C23H30ClN3O3S. The quantitative estimate of drug-likeness (QED) is 0.602.